The van der Waals surface area contributed by atoms with Gasteiger partial charge in [-0.3, -0.25) is 14.9 Å². The fourth-order valence-corrected chi connectivity index (χ4v) is 2.64. The third kappa shape index (κ3) is 3.97. The summed E-state index contributed by atoms with van der Waals surface area (Å²) in [5, 5.41) is 5.65. The Kier molecular flexibility index (Phi) is 5.42. The Morgan fingerprint density at radius 3 is 2.47 bits per heavy atom. The first-order chi connectivity index (χ1) is 7.93. The van der Waals surface area contributed by atoms with Gasteiger partial charge >= 0.3 is 0 Å². The van der Waals surface area contributed by atoms with Gasteiger partial charge in [0.25, 0.3) is 0 Å². The van der Waals surface area contributed by atoms with E-state index < -0.39 is 12.1 Å². The summed E-state index contributed by atoms with van der Waals surface area (Å²) in [7, 11) is 0. The zero-order chi connectivity index (χ0) is 13.0. The van der Waals surface area contributed by atoms with Crippen LogP contribution in [0.5, 0.6) is 0 Å². The van der Waals surface area contributed by atoms with Crippen molar-refractivity contribution in [1.29, 1.82) is 0 Å². The van der Waals surface area contributed by atoms with Crippen LogP contribution in [0.25, 0.3) is 0 Å². The molecule has 5 nitrogen and oxygen atoms in total. The zero-order valence-corrected chi connectivity index (χ0v) is 11.3. The molecule has 0 bridgehead atoms. The van der Waals surface area contributed by atoms with Gasteiger partial charge in [0.2, 0.25) is 5.91 Å². The van der Waals surface area contributed by atoms with Gasteiger partial charge < -0.3 is 11.1 Å². The van der Waals surface area contributed by atoms with Gasteiger partial charge in [0, 0.05) is 12.3 Å². The topological polar surface area (TPSA) is 84.2 Å². The highest BCUT2D eigenvalue weighted by atomic mass is 32.2. The van der Waals surface area contributed by atoms with Gasteiger partial charge in [-0.25, -0.2) is 0 Å². The maximum absolute atomic E-state index is 12.2. The first kappa shape index (κ1) is 14.5. The van der Waals surface area contributed by atoms with Crippen molar-refractivity contribution in [1.82, 2.24) is 10.6 Å². The van der Waals surface area contributed by atoms with Gasteiger partial charge in [0.15, 0.2) is 5.78 Å². The van der Waals surface area contributed by atoms with E-state index >= 15 is 0 Å². The second kappa shape index (κ2) is 6.37. The predicted molar refractivity (Wildman–Crippen MR) is 69.7 cm³/mol. The molecular weight excluding hydrogens is 238 g/mol. The van der Waals surface area contributed by atoms with E-state index in [0.717, 1.165) is 12.3 Å². The molecule has 0 aromatic heterocycles. The zero-order valence-electron chi connectivity index (χ0n) is 10.5. The molecule has 0 aromatic rings. The monoisotopic (exact) mass is 259 g/mol. The minimum Gasteiger partial charge on any atom is -0.345 e. The number of rotatable bonds is 5. The van der Waals surface area contributed by atoms with Crippen molar-refractivity contribution in [2.45, 2.75) is 38.2 Å². The van der Waals surface area contributed by atoms with Crippen LogP contribution in [0.4, 0.5) is 0 Å². The minimum absolute atomic E-state index is 0.0384. The molecule has 0 aromatic carbocycles. The highest BCUT2D eigenvalue weighted by Gasteiger charge is 2.32. The molecule has 0 aliphatic carbocycles. The Bertz CT molecular complexity index is 288. The SMILES string of the molecule is CC(C)[C@H](NC(=O)[C@H](C)N)C(=O)C1NCCS1. The lowest BCUT2D eigenvalue weighted by Gasteiger charge is -2.24. The van der Waals surface area contributed by atoms with E-state index in [1.165, 1.54) is 0 Å². The molecule has 98 valence electrons. The number of thioether (sulfide) groups is 1. The lowest BCUT2D eigenvalue weighted by atomic mass is 9.99. The van der Waals surface area contributed by atoms with Gasteiger partial charge in [0.05, 0.1) is 12.1 Å². The number of carbonyl (C=O) groups excluding carboxylic acids is 2. The van der Waals surface area contributed by atoms with E-state index in [2.05, 4.69) is 10.6 Å². The van der Waals surface area contributed by atoms with E-state index in [-0.39, 0.29) is 23.0 Å². The van der Waals surface area contributed by atoms with Gasteiger partial charge in [-0.05, 0) is 12.8 Å². The van der Waals surface area contributed by atoms with Crippen LogP contribution in [0, 0.1) is 5.92 Å². The van der Waals surface area contributed by atoms with Crippen molar-refractivity contribution in [3.63, 3.8) is 0 Å². The van der Waals surface area contributed by atoms with Crippen molar-refractivity contribution >= 4 is 23.5 Å². The average molecular weight is 259 g/mol. The lowest BCUT2D eigenvalue weighted by Crippen LogP contribution is -2.53. The number of ketones is 1. The normalized spacial score (nSPS) is 23.5. The fourth-order valence-electron chi connectivity index (χ4n) is 1.62. The van der Waals surface area contributed by atoms with E-state index in [1.54, 1.807) is 18.7 Å². The van der Waals surface area contributed by atoms with Crippen LogP contribution in [0.15, 0.2) is 0 Å². The molecule has 1 amide bonds. The Morgan fingerprint density at radius 2 is 2.06 bits per heavy atom. The van der Waals surface area contributed by atoms with Crippen LogP contribution in [0.3, 0.4) is 0 Å². The molecule has 1 unspecified atom stereocenters. The molecule has 3 atom stereocenters. The van der Waals surface area contributed by atoms with E-state index in [9.17, 15) is 9.59 Å². The van der Waals surface area contributed by atoms with Crippen molar-refractivity contribution in [2.24, 2.45) is 11.7 Å². The fraction of sp³-hybridized carbons (Fsp3) is 0.818. The molecule has 1 rings (SSSR count). The Balaban J connectivity index is 2.64. The van der Waals surface area contributed by atoms with Crippen molar-refractivity contribution in [3.8, 4) is 0 Å². The number of Topliss-reactive ketones (excluding diaryl/α,β-unsaturated/α-hetero) is 1. The molecule has 1 aliphatic heterocycles. The summed E-state index contributed by atoms with van der Waals surface area (Å²) in [6.07, 6.45) is 0. The summed E-state index contributed by atoms with van der Waals surface area (Å²) < 4.78 is 0. The number of nitrogens with two attached hydrogens (primary N) is 1. The standard InChI is InChI=1S/C11H21N3O2S/c1-6(2)8(14-10(16)7(3)12)9(15)11-13-4-5-17-11/h6-8,11,13H,4-5,12H2,1-3H3,(H,14,16)/t7-,8-,11?/m0/s1. The van der Waals surface area contributed by atoms with Gasteiger partial charge in [0.1, 0.15) is 5.37 Å². The second-order valence-electron chi connectivity index (χ2n) is 4.63. The van der Waals surface area contributed by atoms with Crippen LogP contribution < -0.4 is 16.4 Å². The predicted octanol–water partition coefficient (Wildman–Crippen LogP) is -0.294. The molecule has 1 fully saturated rings. The largest absolute Gasteiger partial charge is 0.345 e. The molecule has 17 heavy (non-hydrogen) atoms. The quantitative estimate of drug-likeness (QED) is 0.631. The summed E-state index contributed by atoms with van der Waals surface area (Å²) in [5.74, 6) is 0.757. The summed E-state index contributed by atoms with van der Waals surface area (Å²) in [6.45, 7) is 6.29. The molecule has 1 heterocycles. The molecule has 0 spiro atoms. The van der Waals surface area contributed by atoms with E-state index in [1.807, 2.05) is 13.8 Å². The maximum atomic E-state index is 12.2. The van der Waals surface area contributed by atoms with Crippen LogP contribution in [0.1, 0.15) is 20.8 Å². The number of hydrogen-bond acceptors (Lipinski definition) is 5. The summed E-state index contributed by atoms with van der Waals surface area (Å²) >= 11 is 1.59. The molecule has 0 radical (unpaired) electrons. The smallest absolute Gasteiger partial charge is 0.237 e. The van der Waals surface area contributed by atoms with Gasteiger partial charge in [-0.15, -0.1) is 11.8 Å². The number of amides is 1. The van der Waals surface area contributed by atoms with E-state index in [0.29, 0.717) is 0 Å². The first-order valence-corrected chi connectivity index (χ1v) is 6.93. The van der Waals surface area contributed by atoms with E-state index in [4.69, 9.17) is 5.73 Å². The highest BCUT2D eigenvalue weighted by Crippen LogP contribution is 2.18. The van der Waals surface area contributed by atoms with Crippen LogP contribution in [-0.2, 0) is 9.59 Å². The molecule has 6 heteroatoms. The van der Waals surface area contributed by atoms with Crippen LogP contribution >= 0.6 is 11.8 Å². The average Bonchev–Trinajstić information content (AvgIpc) is 2.77. The van der Waals surface area contributed by atoms with Crippen molar-refractivity contribution < 1.29 is 9.59 Å². The Morgan fingerprint density at radius 1 is 1.41 bits per heavy atom. The maximum Gasteiger partial charge on any atom is 0.237 e. The Hall–Kier alpha value is -0.590. The second-order valence-corrected chi connectivity index (χ2v) is 5.84. The van der Waals surface area contributed by atoms with Gasteiger partial charge in [-0.2, -0.15) is 0 Å². The van der Waals surface area contributed by atoms with Crippen LogP contribution in [-0.4, -0.2) is 41.4 Å². The third-order valence-electron chi connectivity index (χ3n) is 2.66. The molecule has 4 N–H and O–H groups in total. The van der Waals surface area contributed by atoms with Crippen LogP contribution in [0.2, 0.25) is 0 Å². The summed E-state index contributed by atoms with van der Waals surface area (Å²) in [4.78, 5) is 23.8. The van der Waals surface area contributed by atoms with Crippen molar-refractivity contribution in [2.75, 3.05) is 12.3 Å². The Labute approximate surface area is 106 Å². The summed E-state index contributed by atoms with van der Waals surface area (Å²) in [6, 6.07) is -1.05. The molecule has 1 aliphatic rings. The molecular formula is C11H21N3O2S. The first-order valence-electron chi connectivity index (χ1n) is 5.88. The number of hydrogen-bond donors (Lipinski definition) is 3. The molecule has 0 saturated carbocycles. The lowest BCUT2D eigenvalue weighted by molar-refractivity contribution is -0.129. The summed E-state index contributed by atoms with van der Waals surface area (Å²) in [5.41, 5.74) is 5.49. The van der Waals surface area contributed by atoms with Gasteiger partial charge in [-0.1, -0.05) is 13.8 Å². The number of nitrogens with one attached hydrogen (secondary N) is 2. The van der Waals surface area contributed by atoms with Crippen molar-refractivity contribution in [3.05, 3.63) is 0 Å². The highest BCUT2D eigenvalue weighted by molar-refractivity contribution is 8.00. The molecule has 1 saturated heterocycles. The third-order valence-corrected chi connectivity index (χ3v) is 3.83. The minimum atomic E-state index is -0.590. The number of carbonyl (C=O) groups is 2.